The van der Waals surface area contributed by atoms with Gasteiger partial charge in [-0.3, -0.25) is 0 Å². The molecule has 0 amide bonds. The maximum absolute atomic E-state index is 5.99. The molecule has 0 aliphatic carbocycles. The SMILES string of the molecule is Cc1cn2nccc(-c3ccc(OC[C@H](C)CC(C)C)c(C)n3)c2n1. The van der Waals surface area contributed by atoms with Crippen molar-refractivity contribution in [2.24, 2.45) is 11.8 Å². The van der Waals surface area contributed by atoms with Crippen molar-refractivity contribution in [2.75, 3.05) is 6.61 Å². The summed E-state index contributed by atoms with van der Waals surface area (Å²) in [6, 6.07) is 5.95. The van der Waals surface area contributed by atoms with Crippen LogP contribution in [0.15, 0.2) is 30.6 Å². The van der Waals surface area contributed by atoms with Gasteiger partial charge in [0.1, 0.15) is 5.75 Å². The molecule has 0 saturated carbocycles. The number of aryl methyl sites for hydroxylation is 2. The van der Waals surface area contributed by atoms with E-state index in [0.29, 0.717) is 11.8 Å². The number of pyridine rings is 1. The van der Waals surface area contributed by atoms with Gasteiger partial charge in [-0.05, 0) is 50.3 Å². The quantitative estimate of drug-likeness (QED) is 0.665. The van der Waals surface area contributed by atoms with Crippen molar-refractivity contribution in [3.8, 4) is 17.0 Å². The Hall–Kier alpha value is -2.43. The minimum atomic E-state index is 0.534. The Balaban J connectivity index is 1.82. The number of aromatic nitrogens is 4. The molecule has 0 aliphatic heterocycles. The molecule has 5 nitrogen and oxygen atoms in total. The minimum Gasteiger partial charge on any atom is -0.491 e. The lowest BCUT2D eigenvalue weighted by Crippen LogP contribution is -2.11. The van der Waals surface area contributed by atoms with Gasteiger partial charge in [0.15, 0.2) is 5.65 Å². The smallest absolute Gasteiger partial charge is 0.163 e. The molecule has 0 aromatic carbocycles. The van der Waals surface area contributed by atoms with E-state index in [1.165, 1.54) is 6.42 Å². The summed E-state index contributed by atoms with van der Waals surface area (Å²) in [5.41, 5.74) is 4.53. The van der Waals surface area contributed by atoms with Crippen molar-refractivity contribution in [2.45, 2.75) is 41.0 Å². The monoisotopic (exact) mass is 338 g/mol. The highest BCUT2D eigenvalue weighted by Gasteiger charge is 2.12. The van der Waals surface area contributed by atoms with Gasteiger partial charge in [0.25, 0.3) is 0 Å². The van der Waals surface area contributed by atoms with E-state index in [4.69, 9.17) is 9.72 Å². The first-order chi connectivity index (χ1) is 11.9. The molecule has 5 heteroatoms. The topological polar surface area (TPSA) is 52.3 Å². The molecule has 0 radical (unpaired) electrons. The molecule has 3 heterocycles. The van der Waals surface area contributed by atoms with Crippen LogP contribution in [0.5, 0.6) is 5.75 Å². The average Bonchev–Trinajstić information content (AvgIpc) is 2.93. The van der Waals surface area contributed by atoms with Gasteiger partial charge in [0.05, 0.1) is 29.9 Å². The van der Waals surface area contributed by atoms with Crippen molar-refractivity contribution in [3.05, 3.63) is 42.0 Å². The first-order valence-electron chi connectivity index (χ1n) is 8.86. The summed E-state index contributed by atoms with van der Waals surface area (Å²) in [4.78, 5) is 9.29. The summed E-state index contributed by atoms with van der Waals surface area (Å²) in [5, 5.41) is 4.30. The van der Waals surface area contributed by atoms with Crippen LogP contribution in [0.2, 0.25) is 0 Å². The highest BCUT2D eigenvalue weighted by atomic mass is 16.5. The lowest BCUT2D eigenvalue weighted by Gasteiger charge is -2.16. The third kappa shape index (κ3) is 3.98. The van der Waals surface area contributed by atoms with E-state index in [2.05, 4.69) is 30.9 Å². The van der Waals surface area contributed by atoms with E-state index < -0.39 is 0 Å². The van der Waals surface area contributed by atoms with E-state index in [-0.39, 0.29) is 0 Å². The van der Waals surface area contributed by atoms with Crippen LogP contribution in [-0.2, 0) is 0 Å². The zero-order valence-electron chi connectivity index (χ0n) is 15.7. The maximum atomic E-state index is 5.99. The lowest BCUT2D eigenvalue weighted by atomic mass is 10.00. The predicted octanol–water partition coefficient (Wildman–Crippen LogP) is 4.47. The Bertz CT molecular complexity index is 869. The van der Waals surface area contributed by atoms with Crippen molar-refractivity contribution >= 4 is 5.65 Å². The van der Waals surface area contributed by atoms with Gasteiger partial charge in [-0.1, -0.05) is 20.8 Å². The van der Waals surface area contributed by atoms with Crippen LogP contribution in [0.25, 0.3) is 16.9 Å². The van der Waals surface area contributed by atoms with E-state index in [1.54, 1.807) is 10.7 Å². The Morgan fingerprint density at radius 1 is 1.08 bits per heavy atom. The molecule has 0 saturated heterocycles. The number of ether oxygens (including phenoxy) is 1. The molecular formula is C20H26N4O. The summed E-state index contributed by atoms with van der Waals surface area (Å²) in [7, 11) is 0. The second kappa shape index (κ2) is 7.21. The largest absolute Gasteiger partial charge is 0.491 e. The maximum Gasteiger partial charge on any atom is 0.163 e. The number of imidazole rings is 1. The molecule has 0 N–H and O–H groups in total. The van der Waals surface area contributed by atoms with Crippen LogP contribution in [-0.4, -0.2) is 26.2 Å². The Kier molecular flexibility index (Phi) is 5.02. The summed E-state index contributed by atoms with van der Waals surface area (Å²) < 4.78 is 7.78. The molecule has 3 aromatic rings. The fourth-order valence-electron chi connectivity index (χ4n) is 3.17. The van der Waals surface area contributed by atoms with E-state index in [0.717, 1.165) is 40.6 Å². The highest BCUT2D eigenvalue weighted by Crippen LogP contribution is 2.26. The van der Waals surface area contributed by atoms with Crippen molar-refractivity contribution in [1.82, 2.24) is 19.6 Å². The Morgan fingerprint density at radius 3 is 2.60 bits per heavy atom. The molecule has 0 unspecified atom stereocenters. The van der Waals surface area contributed by atoms with Gasteiger partial charge in [-0.15, -0.1) is 0 Å². The molecule has 0 fully saturated rings. The minimum absolute atomic E-state index is 0.534. The lowest BCUT2D eigenvalue weighted by molar-refractivity contribution is 0.237. The van der Waals surface area contributed by atoms with Crippen LogP contribution in [0.1, 0.15) is 38.6 Å². The standard InChI is InChI=1S/C20H26N4O/c1-13(2)10-14(3)12-25-19-7-6-18(23-16(19)5)17-8-9-21-24-11-15(4)22-20(17)24/h6-9,11,13-14H,10,12H2,1-5H3/t14-/m1/s1. The van der Waals surface area contributed by atoms with Gasteiger partial charge in [-0.25, -0.2) is 14.5 Å². The second-order valence-corrected chi connectivity index (χ2v) is 7.22. The van der Waals surface area contributed by atoms with E-state index in [9.17, 15) is 0 Å². The number of hydrogen-bond donors (Lipinski definition) is 0. The molecule has 3 rings (SSSR count). The second-order valence-electron chi connectivity index (χ2n) is 7.22. The Labute approximate surface area is 149 Å². The molecule has 132 valence electrons. The Morgan fingerprint density at radius 2 is 1.88 bits per heavy atom. The zero-order valence-corrected chi connectivity index (χ0v) is 15.7. The normalized spacial score (nSPS) is 12.7. The molecule has 0 spiro atoms. The van der Waals surface area contributed by atoms with Crippen LogP contribution in [0, 0.1) is 25.7 Å². The summed E-state index contributed by atoms with van der Waals surface area (Å²) in [5.74, 6) is 2.07. The fraction of sp³-hybridized carbons (Fsp3) is 0.450. The zero-order chi connectivity index (χ0) is 18.0. The first-order valence-corrected chi connectivity index (χ1v) is 8.86. The van der Waals surface area contributed by atoms with Gasteiger partial charge in [0.2, 0.25) is 0 Å². The number of fused-ring (bicyclic) bond motifs is 1. The van der Waals surface area contributed by atoms with Gasteiger partial charge in [0, 0.05) is 11.8 Å². The molecule has 1 atom stereocenters. The van der Waals surface area contributed by atoms with Gasteiger partial charge in [-0.2, -0.15) is 5.10 Å². The molecular weight excluding hydrogens is 312 g/mol. The molecule has 25 heavy (non-hydrogen) atoms. The summed E-state index contributed by atoms with van der Waals surface area (Å²) in [6.07, 6.45) is 4.86. The van der Waals surface area contributed by atoms with Crippen LogP contribution in [0.4, 0.5) is 0 Å². The molecule has 3 aromatic heterocycles. The van der Waals surface area contributed by atoms with Gasteiger partial charge < -0.3 is 4.74 Å². The number of hydrogen-bond acceptors (Lipinski definition) is 4. The molecule has 0 bridgehead atoms. The van der Waals surface area contributed by atoms with Crippen molar-refractivity contribution < 1.29 is 4.74 Å². The fourth-order valence-corrected chi connectivity index (χ4v) is 3.17. The number of rotatable bonds is 6. The number of nitrogens with zero attached hydrogens (tertiary/aromatic N) is 4. The van der Waals surface area contributed by atoms with Crippen LogP contribution in [0.3, 0.4) is 0 Å². The first kappa shape index (κ1) is 17.4. The third-order valence-corrected chi connectivity index (χ3v) is 4.19. The highest BCUT2D eigenvalue weighted by molar-refractivity contribution is 5.74. The van der Waals surface area contributed by atoms with E-state index >= 15 is 0 Å². The van der Waals surface area contributed by atoms with Crippen molar-refractivity contribution in [3.63, 3.8) is 0 Å². The van der Waals surface area contributed by atoms with E-state index in [1.807, 2.05) is 38.2 Å². The average molecular weight is 338 g/mol. The third-order valence-electron chi connectivity index (χ3n) is 4.19. The van der Waals surface area contributed by atoms with Crippen molar-refractivity contribution in [1.29, 1.82) is 0 Å². The summed E-state index contributed by atoms with van der Waals surface area (Å²) >= 11 is 0. The molecule has 0 aliphatic rings. The van der Waals surface area contributed by atoms with Crippen LogP contribution >= 0.6 is 0 Å². The van der Waals surface area contributed by atoms with Crippen LogP contribution < -0.4 is 4.74 Å². The predicted molar refractivity (Wildman–Crippen MR) is 99.8 cm³/mol. The van der Waals surface area contributed by atoms with Gasteiger partial charge >= 0.3 is 0 Å². The summed E-state index contributed by atoms with van der Waals surface area (Å²) in [6.45, 7) is 11.4.